The van der Waals surface area contributed by atoms with Crippen LogP contribution in [0.2, 0.25) is 0 Å². The van der Waals surface area contributed by atoms with Gasteiger partial charge < -0.3 is 4.42 Å². The first-order valence-electron chi connectivity index (χ1n) is 7.25. The van der Waals surface area contributed by atoms with E-state index >= 15 is 0 Å². The number of amides is 2. The number of benzene rings is 1. The first-order chi connectivity index (χ1) is 12.3. The van der Waals surface area contributed by atoms with Crippen LogP contribution < -0.4 is 5.43 Å². The summed E-state index contributed by atoms with van der Waals surface area (Å²) in [4.78, 5) is 33.9. The Morgan fingerprint density at radius 2 is 2.00 bits per heavy atom. The number of thiocarbonyl (C=S) groups is 1. The van der Waals surface area contributed by atoms with E-state index in [1.807, 2.05) is 0 Å². The number of hydrogen-bond donors (Lipinski definition) is 1. The molecule has 1 aliphatic rings. The molecule has 1 aliphatic heterocycles. The minimum absolute atomic E-state index is 0.0119. The van der Waals surface area contributed by atoms with E-state index in [0.717, 1.165) is 16.8 Å². The van der Waals surface area contributed by atoms with Gasteiger partial charge in [-0.2, -0.15) is 5.01 Å². The monoisotopic (exact) mass is 389 g/mol. The van der Waals surface area contributed by atoms with Crippen molar-refractivity contribution < 1.29 is 18.9 Å². The second kappa shape index (κ2) is 7.10. The molecule has 8 nitrogen and oxygen atoms in total. The Kier molecular flexibility index (Phi) is 4.87. The Labute approximate surface area is 157 Å². The van der Waals surface area contributed by atoms with Gasteiger partial charge in [-0.1, -0.05) is 11.8 Å². The zero-order valence-electron chi connectivity index (χ0n) is 13.3. The number of non-ortho nitro benzene ring substituents is 1. The zero-order valence-corrected chi connectivity index (χ0v) is 14.9. The molecule has 0 bridgehead atoms. The standard InChI is InChI=1S/C16H11N3O5S2/c1-9(20)17-18-15(21)14(26-16(18)25)8-12-6-7-13(24-12)10-2-4-11(5-3-10)19(22)23/h2-8H,1H3,(H,17,20)/b14-8+. The second-order valence-corrected chi connectivity index (χ2v) is 6.87. The van der Waals surface area contributed by atoms with Crippen molar-refractivity contribution in [3.8, 4) is 11.3 Å². The van der Waals surface area contributed by atoms with E-state index < -0.39 is 16.7 Å². The van der Waals surface area contributed by atoms with Gasteiger partial charge in [-0.15, -0.1) is 0 Å². The van der Waals surface area contributed by atoms with Crippen LogP contribution in [0.5, 0.6) is 0 Å². The van der Waals surface area contributed by atoms with Gasteiger partial charge >= 0.3 is 0 Å². The molecule has 2 heterocycles. The lowest BCUT2D eigenvalue weighted by molar-refractivity contribution is -0.384. The predicted molar refractivity (Wildman–Crippen MR) is 99.6 cm³/mol. The van der Waals surface area contributed by atoms with E-state index in [-0.39, 0.29) is 10.0 Å². The quantitative estimate of drug-likeness (QED) is 0.371. The highest BCUT2D eigenvalue weighted by atomic mass is 32.2. The number of carbonyl (C=O) groups is 2. The van der Waals surface area contributed by atoms with Gasteiger partial charge in [-0.25, -0.2) is 0 Å². The SMILES string of the molecule is CC(=O)NN1C(=O)/C(=C\c2ccc(-c3ccc([N+](=O)[O-])cc3)o2)SC1=S. The number of carbonyl (C=O) groups excluding carboxylic acids is 2. The van der Waals surface area contributed by atoms with E-state index in [0.29, 0.717) is 22.0 Å². The van der Waals surface area contributed by atoms with Crippen molar-refractivity contribution in [2.75, 3.05) is 0 Å². The maximum atomic E-state index is 12.3. The lowest BCUT2D eigenvalue weighted by Gasteiger charge is -2.13. The summed E-state index contributed by atoms with van der Waals surface area (Å²) >= 11 is 6.12. The average Bonchev–Trinajstić information content (AvgIpc) is 3.15. The number of hydrogen-bond acceptors (Lipinski definition) is 7. The first-order valence-corrected chi connectivity index (χ1v) is 8.47. The zero-order chi connectivity index (χ0) is 18.8. The van der Waals surface area contributed by atoms with Gasteiger partial charge in [0, 0.05) is 30.7 Å². The number of nitro groups is 1. The molecule has 2 amide bonds. The molecule has 26 heavy (non-hydrogen) atoms. The third kappa shape index (κ3) is 3.65. The van der Waals surface area contributed by atoms with Crippen LogP contribution in [0.1, 0.15) is 12.7 Å². The van der Waals surface area contributed by atoms with Crippen LogP contribution >= 0.6 is 24.0 Å². The van der Waals surface area contributed by atoms with Gasteiger partial charge in [0.1, 0.15) is 11.5 Å². The minimum atomic E-state index is -0.478. The number of nitro benzene ring substituents is 1. The molecule has 0 aliphatic carbocycles. The number of nitrogens with zero attached hydrogens (tertiary/aromatic N) is 2. The maximum absolute atomic E-state index is 12.3. The van der Waals surface area contributed by atoms with Crippen molar-refractivity contribution in [2.24, 2.45) is 0 Å². The van der Waals surface area contributed by atoms with E-state index in [4.69, 9.17) is 16.6 Å². The molecular weight excluding hydrogens is 378 g/mol. The Hall–Kier alpha value is -2.98. The summed E-state index contributed by atoms with van der Waals surface area (Å²) in [7, 11) is 0. The topological polar surface area (TPSA) is 106 Å². The average molecular weight is 389 g/mol. The Morgan fingerprint density at radius 1 is 1.31 bits per heavy atom. The summed E-state index contributed by atoms with van der Waals surface area (Å²) in [5.41, 5.74) is 3.01. The molecule has 0 saturated carbocycles. The van der Waals surface area contributed by atoms with Crippen molar-refractivity contribution in [1.29, 1.82) is 0 Å². The summed E-state index contributed by atoms with van der Waals surface area (Å²) in [5, 5.41) is 11.7. The minimum Gasteiger partial charge on any atom is -0.457 e. The summed E-state index contributed by atoms with van der Waals surface area (Å²) < 4.78 is 5.89. The van der Waals surface area contributed by atoms with Crippen molar-refractivity contribution >= 4 is 51.9 Å². The highest BCUT2D eigenvalue weighted by molar-refractivity contribution is 8.26. The molecule has 2 aromatic rings. The van der Waals surface area contributed by atoms with Gasteiger partial charge in [0.15, 0.2) is 4.32 Å². The molecule has 1 aromatic heterocycles. The third-order valence-corrected chi connectivity index (χ3v) is 4.63. The molecule has 3 rings (SSSR count). The molecule has 1 aromatic carbocycles. The Morgan fingerprint density at radius 3 is 2.62 bits per heavy atom. The number of furan rings is 1. The van der Waals surface area contributed by atoms with Gasteiger partial charge in [0.2, 0.25) is 5.91 Å². The molecule has 1 saturated heterocycles. The maximum Gasteiger partial charge on any atom is 0.285 e. The fraction of sp³-hybridized carbons (Fsp3) is 0.0625. The van der Waals surface area contributed by atoms with Gasteiger partial charge in [0.25, 0.3) is 11.6 Å². The molecule has 10 heteroatoms. The number of nitrogens with one attached hydrogen (secondary N) is 1. The van der Waals surface area contributed by atoms with Gasteiger partial charge in [0.05, 0.1) is 9.83 Å². The Bertz CT molecular complexity index is 949. The summed E-state index contributed by atoms with van der Waals surface area (Å²) in [6, 6.07) is 9.30. The normalized spacial score (nSPS) is 15.6. The Balaban J connectivity index is 1.81. The van der Waals surface area contributed by atoms with E-state index in [9.17, 15) is 19.7 Å². The predicted octanol–water partition coefficient (Wildman–Crippen LogP) is 3.11. The molecule has 0 spiro atoms. The third-order valence-electron chi connectivity index (χ3n) is 3.33. The van der Waals surface area contributed by atoms with Crippen molar-refractivity contribution in [3.63, 3.8) is 0 Å². The largest absolute Gasteiger partial charge is 0.457 e. The lowest BCUT2D eigenvalue weighted by atomic mass is 10.1. The van der Waals surface area contributed by atoms with E-state index in [1.165, 1.54) is 25.1 Å². The van der Waals surface area contributed by atoms with Crippen molar-refractivity contribution in [1.82, 2.24) is 10.4 Å². The fourth-order valence-electron chi connectivity index (χ4n) is 2.18. The molecule has 1 N–H and O–H groups in total. The van der Waals surface area contributed by atoms with Crippen LogP contribution in [0.15, 0.2) is 45.7 Å². The van der Waals surface area contributed by atoms with Gasteiger partial charge in [-0.05, 0) is 36.5 Å². The molecule has 0 unspecified atom stereocenters. The smallest absolute Gasteiger partial charge is 0.285 e. The van der Waals surface area contributed by atoms with Crippen LogP contribution in [-0.2, 0) is 9.59 Å². The van der Waals surface area contributed by atoms with Crippen molar-refractivity contribution in [3.05, 3.63) is 57.2 Å². The van der Waals surface area contributed by atoms with Crippen LogP contribution in [-0.4, -0.2) is 26.1 Å². The second-order valence-electron chi connectivity index (χ2n) is 5.19. The number of rotatable bonds is 4. The summed E-state index contributed by atoms with van der Waals surface area (Å²) in [6.07, 6.45) is 1.52. The van der Waals surface area contributed by atoms with Crippen LogP contribution in [0.25, 0.3) is 17.4 Å². The van der Waals surface area contributed by atoms with E-state index in [1.54, 1.807) is 24.3 Å². The van der Waals surface area contributed by atoms with Crippen LogP contribution in [0.3, 0.4) is 0 Å². The van der Waals surface area contributed by atoms with Gasteiger partial charge in [-0.3, -0.25) is 25.1 Å². The van der Waals surface area contributed by atoms with Crippen LogP contribution in [0, 0.1) is 10.1 Å². The molecular formula is C16H11N3O5S2. The number of thioether (sulfide) groups is 1. The molecule has 1 fully saturated rings. The molecule has 132 valence electrons. The fourth-order valence-corrected chi connectivity index (χ4v) is 3.34. The van der Waals surface area contributed by atoms with Crippen LogP contribution in [0.4, 0.5) is 5.69 Å². The van der Waals surface area contributed by atoms with Crippen molar-refractivity contribution in [2.45, 2.75) is 6.92 Å². The first kappa shape index (κ1) is 17.8. The lowest BCUT2D eigenvalue weighted by Crippen LogP contribution is -2.43. The highest BCUT2D eigenvalue weighted by Gasteiger charge is 2.33. The molecule has 0 radical (unpaired) electrons. The molecule has 0 atom stereocenters. The summed E-state index contributed by atoms with van der Waals surface area (Å²) in [5.74, 6) is 0.0784. The summed E-state index contributed by atoms with van der Waals surface area (Å²) in [6.45, 7) is 1.28. The number of hydrazine groups is 1. The van der Waals surface area contributed by atoms with E-state index in [2.05, 4.69) is 5.43 Å². The highest BCUT2D eigenvalue weighted by Crippen LogP contribution is 2.32.